The molecule has 0 amide bonds. The van der Waals surface area contributed by atoms with Crippen LogP contribution in [-0.2, 0) is 39.1 Å². The fourth-order valence-corrected chi connectivity index (χ4v) is 3.54. The molecule has 0 atom stereocenters. The van der Waals surface area contributed by atoms with Crippen LogP contribution in [0.25, 0.3) is 22.1 Å². The smallest absolute Gasteiger partial charge is 0.336 e. The average Bonchev–Trinajstić information content (AvgIpc) is 2.80. The summed E-state index contributed by atoms with van der Waals surface area (Å²) in [6.07, 6.45) is -0.123. The molecule has 6 nitrogen and oxygen atoms in total. The molecule has 4 aromatic rings. The first-order valence-corrected chi connectivity index (χ1v) is 9.94. The van der Waals surface area contributed by atoms with E-state index >= 15 is 0 Å². The minimum atomic E-state index is -0.633. The second-order valence-corrected chi connectivity index (χ2v) is 7.39. The molecule has 0 saturated heterocycles. The van der Waals surface area contributed by atoms with E-state index in [0.29, 0.717) is 28.0 Å². The molecule has 165 valence electrons. The van der Waals surface area contributed by atoms with Crippen LogP contribution in [0.3, 0.4) is 0 Å². The fourth-order valence-electron chi connectivity index (χ4n) is 3.54. The van der Waals surface area contributed by atoms with Gasteiger partial charge in [0.2, 0.25) is 0 Å². The Balaban J connectivity index is 0.00000306. The second kappa shape index (κ2) is 10.3. The van der Waals surface area contributed by atoms with E-state index in [0.717, 1.165) is 11.1 Å². The van der Waals surface area contributed by atoms with E-state index < -0.39 is 5.63 Å². The third-order valence-electron chi connectivity index (χ3n) is 5.28. The summed E-state index contributed by atoms with van der Waals surface area (Å²) < 4.78 is 16.0. The first kappa shape index (κ1) is 24.7. The van der Waals surface area contributed by atoms with Crippen molar-refractivity contribution < 1.29 is 56.5 Å². The van der Waals surface area contributed by atoms with E-state index in [4.69, 9.17) is 13.9 Å². The van der Waals surface area contributed by atoms with Crippen molar-refractivity contribution in [2.24, 2.45) is 0 Å². The zero-order valence-electron chi connectivity index (χ0n) is 18.5. The maximum absolute atomic E-state index is 13.0. The molecular formula is C26H21O6Y-. The first-order chi connectivity index (χ1) is 15.4. The molecule has 4 rings (SSSR count). The van der Waals surface area contributed by atoms with Gasteiger partial charge in [0.15, 0.2) is 5.78 Å². The van der Waals surface area contributed by atoms with Gasteiger partial charge < -0.3 is 19.0 Å². The summed E-state index contributed by atoms with van der Waals surface area (Å²) in [6, 6.07) is 18.5. The van der Waals surface area contributed by atoms with Crippen molar-refractivity contribution in [1.82, 2.24) is 0 Å². The SMILES string of the molecule is COc1cccc(-c2cc(C(=O)Cc3cc4cc(C)c(O)[c-]c4oc3=O)ccc2OC)c1.[Y]. The number of benzene rings is 3. The van der Waals surface area contributed by atoms with E-state index in [9.17, 15) is 14.7 Å². The fraction of sp³-hybridized carbons (Fsp3) is 0.154. The summed E-state index contributed by atoms with van der Waals surface area (Å²) in [7, 11) is 3.16. The van der Waals surface area contributed by atoms with E-state index in [1.807, 2.05) is 24.3 Å². The Labute approximate surface area is 216 Å². The molecule has 0 aliphatic heterocycles. The molecule has 33 heavy (non-hydrogen) atoms. The Morgan fingerprint density at radius 2 is 1.85 bits per heavy atom. The number of hydrogen-bond donors (Lipinski definition) is 1. The number of fused-ring (bicyclic) bond motifs is 1. The maximum atomic E-state index is 13.0. The molecule has 0 spiro atoms. The Bertz CT molecular complexity index is 1390. The molecule has 0 unspecified atom stereocenters. The minimum Gasteiger partial charge on any atom is -0.534 e. The predicted octanol–water partition coefficient (Wildman–Crippen LogP) is 4.71. The number of phenolic OH excluding ortho intramolecular Hbond substituents is 1. The van der Waals surface area contributed by atoms with Crippen LogP contribution in [0.4, 0.5) is 0 Å². The van der Waals surface area contributed by atoms with Crippen LogP contribution < -0.4 is 15.1 Å². The number of carbonyl (C=O) groups is 1. The number of ketones is 1. The first-order valence-electron chi connectivity index (χ1n) is 9.94. The van der Waals surface area contributed by atoms with Gasteiger partial charge in [0.25, 0.3) is 0 Å². The number of carbonyl (C=O) groups excluding carboxylic acids is 1. The zero-order valence-corrected chi connectivity index (χ0v) is 21.3. The summed E-state index contributed by atoms with van der Waals surface area (Å²) in [5, 5.41) is 10.4. The van der Waals surface area contributed by atoms with Gasteiger partial charge in [0, 0.05) is 67.2 Å². The standard InChI is InChI=1S/C26H21O6.Y/c1-15-9-18-10-19(26(29)32-25(18)14-22(15)27)13-23(28)17-7-8-24(31-3)21(12-17)16-5-4-6-20(11-16)30-2;/h4-12,27H,13H2,1-3H3;/q-1;. The Morgan fingerprint density at radius 3 is 2.58 bits per heavy atom. The molecule has 0 fully saturated rings. The summed E-state index contributed by atoms with van der Waals surface area (Å²) in [5.41, 5.74) is 2.37. The molecule has 1 heterocycles. The topological polar surface area (TPSA) is 86.0 Å². The van der Waals surface area contributed by atoms with Crippen LogP contribution in [0.5, 0.6) is 17.2 Å². The van der Waals surface area contributed by atoms with Crippen LogP contribution >= 0.6 is 0 Å². The Morgan fingerprint density at radius 1 is 1.06 bits per heavy atom. The van der Waals surface area contributed by atoms with Crippen LogP contribution in [0.15, 0.2) is 63.8 Å². The van der Waals surface area contributed by atoms with E-state index in [2.05, 4.69) is 6.07 Å². The van der Waals surface area contributed by atoms with Crippen molar-refractivity contribution in [2.75, 3.05) is 14.2 Å². The van der Waals surface area contributed by atoms with Gasteiger partial charge in [0.05, 0.1) is 14.2 Å². The number of hydrogen-bond acceptors (Lipinski definition) is 6. The molecule has 1 N–H and O–H groups in total. The van der Waals surface area contributed by atoms with Crippen LogP contribution in [0, 0.1) is 13.0 Å². The van der Waals surface area contributed by atoms with E-state index in [1.54, 1.807) is 51.5 Å². The van der Waals surface area contributed by atoms with Gasteiger partial charge in [-0.05, 0) is 35.9 Å². The quantitative estimate of drug-likeness (QED) is 0.226. The molecule has 0 saturated carbocycles. The number of rotatable bonds is 6. The van der Waals surface area contributed by atoms with E-state index in [-0.39, 0.29) is 61.8 Å². The monoisotopic (exact) mass is 518 g/mol. The van der Waals surface area contributed by atoms with Crippen LogP contribution in [-0.4, -0.2) is 25.1 Å². The second-order valence-electron chi connectivity index (χ2n) is 7.39. The van der Waals surface area contributed by atoms with E-state index in [1.165, 1.54) is 0 Å². The number of Topliss-reactive ketones (excluding diaryl/α,β-unsaturated/α-hetero) is 1. The van der Waals surface area contributed by atoms with Gasteiger partial charge in [0.1, 0.15) is 11.5 Å². The average molecular weight is 518 g/mol. The van der Waals surface area contributed by atoms with Gasteiger partial charge >= 0.3 is 5.63 Å². The van der Waals surface area contributed by atoms with Crippen LogP contribution in [0.2, 0.25) is 0 Å². The van der Waals surface area contributed by atoms with Gasteiger partial charge in [-0.25, -0.2) is 4.79 Å². The third kappa shape index (κ3) is 5.18. The Hall–Kier alpha value is -2.96. The molecule has 0 aliphatic rings. The van der Waals surface area contributed by atoms with Crippen molar-refractivity contribution in [1.29, 1.82) is 0 Å². The predicted molar refractivity (Wildman–Crippen MR) is 121 cm³/mol. The minimum absolute atomic E-state index is 0. The molecule has 7 heteroatoms. The van der Waals surface area contributed by atoms with Gasteiger partial charge in [-0.1, -0.05) is 36.6 Å². The number of phenols is 1. The van der Waals surface area contributed by atoms with Crippen molar-refractivity contribution in [3.63, 3.8) is 0 Å². The summed E-state index contributed by atoms with van der Waals surface area (Å²) in [5.74, 6) is 0.995. The molecular weight excluding hydrogens is 497 g/mol. The van der Waals surface area contributed by atoms with Crippen molar-refractivity contribution in [3.8, 4) is 28.4 Å². The largest absolute Gasteiger partial charge is 0.534 e. The summed E-state index contributed by atoms with van der Waals surface area (Å²) in [4.78, 5) is 25.4. The van der Waals surface area contributed by atoms with Gasteiger partial charge in [-0.3, -0.25) is 4.79 Å². The van der Waals surface area contributed by atoms with Crippen molar-refractivity contribution in [2.45, 2.75) is 13.3 Å². The van der Waals surface area contributed by atoms with Gasteiger partial charge in [-0.2, -0.15) is 6.07 Å². The third-order valence-corrected chi connectivity index (χ3v) is 5.28. The Kier molecular flexibility index (Phi) is 7.72. The molecule has 1 radical (unpaired) electrons. The van der Waals surface area contributed by atoms with Crippen molar-refractivity contribution in [3.05, 3.63) is 87.8 Å². The maximum Gasteiger partial charge on any atom is 0.336 e. The number of aromatic hydroxyl groups is 1. The number of methoxy groups -OCH3 is 2. The molecule has 0 bridgehead atoms. The van der Waals surface area contributed by atoms with Crippen molar-refractivity contribution >= 4 is 16.8 Å². The molecule has 3 aromatic carbocycles. The summed E-state index contributed by atoms with van der Waals surface area (Å²) >= 11 is 0. The molecule has 1 aromatic heterocycles. The number of aryl methyl sites for hydroxylation is 1. The summed E-state index contributed by atoms with van der Waals surface area (Å²) in [6.45, 7) is 1.72. The van der Waals surface area contributed by atoms with Crippen LogP contribution in [0.1, 0.15) is 21.5 Å². The molecule has 0 aliphatic carbocycles. The van der Waals surface area contributed by atoms with Gasteiger partial charge in [-0.15, -0.1) is 5.56 Å². The number of ether oxygens (including phenoxy) is 2. The zero-order chi connectivity index (χ0) is 22.8. The normalized spacial score (nSPS) is 10.5.